The Hall–Kier alpha value is -4.67. The molecular formula is C25H23FN6O4. The van der Waals surface area contributed by atoms with Gasteiger partial charge in [-0.3, -0.25) is 14.8 Å². The van der Waals surface area contributed by atoms with E-state index in [0.29, 0.717) is 30.0 Å². The molecule has 11 heteroatoms. The van der Waals surface area contributed by atoms with Crippen molar-refractivity contribution in [2.45, 2.75) is 19.6 Å². The van der Waals surface area contributed by atoms with E-state index in [4.69, 9.17) is 4.74 Å². The third-order valence-electron chi connectivity index (χ3n) is 5.93. The number of fused-ring (bicyclic) bond motifs is 2. The van der Waals surface area contributed by atoms with Crippen LogP contribution in [0.25, 0.3) is 10.8 Å². The lowest BCUT2D eigenvalue weighted by Gasteiger charge is -2.14. The van der Waals surface area contributed by atoms with Crippen molar-refractivity contribution in [3.8, 4) is 5.75 Å². The van der Waals surface area contributed by atoms with Gasteiger partial charge in [-0.05, 0) is 23.1 Å². The maximum Gasteiger partial charge on any atom is 0.409 e. The summed E-state index contributed by atoms with van der Waals surface area (Å²) in [6, 6.07) is 14.3. The van der Waals surface area contributed by atoms with Crippen LogP contribution in [0, 0.1) is 5.82 Å². The fourth-order valence-corrected chi connectivity index (χ4v) is 4.02. The predicted molar refractivity (Wildman–Crippen MR) is 131 cm³/mol. The molecule has 3 N–H and O–H groups in total. The molecule has 1 aliphatic rings. The maximum atomic E-state index is 15.2. The molecule has 0 atom stereocenters. The first-order valence-corrected chi connectivity index (χ1v) is 11.2. The SMILES string of the molecule is CN1CCc2cc(Nc3cc4cc(OCc5ccccc5)c(F)c(NC(=O)O)c4cn3)nn2CC1=O. The molecule has 0 bridgehead atoms. The number of carboxylic acid groups (broad SMARTS) is 1. The van der Waals surface area contributed by atoms with Crippen LogP contribution in [-0.2, 0) is 24.4 Å². The van der Waals surface area contributed by atoms with E-state index in [2.05, 4.69) is 20.7 Å². The molecule has 4 aromatic rings. The Bertz CT molecular complexity index is 1460. The molecule has 10 nitrogen and oxygen atoms in total. The lowest BCUT2D eigenvalue weighted by Crippen LogP contribution is -2.29. The number of nitrogens with one attached hydrogen (secondary N) is 2. The summed E-state index contributed by atoms with van der Waals surface area (Å²) in [5.74, 6) is -0.00277. The molecule has 0 spiro atoms. The molecule has 0 saturated carbocycles. The monoisotopic (exact) mass is 490 g/mol. The smallest absolute Gasteiger partial charge is 0.409 e. The third kappa shape index (κ3) is 4.76. The number of anilines is 3. The highest BCUT2D eigenvalue weighted by atomic mass is 19.1. The molecule has 2 aromatic carbocycles. The minimum atomic E-state index is -1.41. The molecule has 1 aliphatic heterocycles. The molecule has 0 radical (unpaired) electrons. The molecule has 0 fully saturated rings. The van der Waals surface area contributed by atoms with Gasteiger partial charge in [0.25, 0.3) is 0 Å². The normalized spacial score (nSPS) is 13.3. The van der Waals surface area contributed by atoms with Crippen molar-refractivity contribution in [2.24, 2.45) is 0 Å². The predicted octanol–water partition coefficient (Wildman–Crippen LogP) is 4.00. The zero-order chi connectivity index (χ0) is 25.2. The molecular weight excluding hydrogens is 467 g/mol. The van der Waals surface area contributed by atoms with Gasteiger partial charge in [-0.1, -0.05) is 30.3 Å². The lowest BCUT2D eigenvalue weighted by atomic mass is 10.1. The van der Waals surface area contributed by atoms with Crippen molar-refractivity contribution in [3.63, 3.8) is 0 Å². The summed E-state index contributed by atoms with van der Waals surface area (Å²) in [4.78, 5) is 29.5. The van der Waals surface area contributed by atoms with E-state index >= 15 is 4.39 Å². The van der Waals surface area contributed by atoms with Crippen molar-refractivity contribution in [3.05, 3.63) is 71.8 Å². The molecule has 5 rings (SSSR count). The van der Waals surface area contributed by atoms with Gasteiger partial charge in [-0.15, -0.1) is 0 Å². The van der Waals surface area contributed by atoms with Crippen LogP contribution < -0.4 is 15.4 Å². The quantitative estimate of drug-likeness (QED) is 0.374. The number of rotatable bonds is 6. The number of pyridine rings is 1. The first kappa shape index (κ1) is 23.1. The number of carbonyl (C=O) groups is 2. The van der Waals surface area contributed by atoms with Crippen molar-refractivity contribution >= 4 is 40.1 Å². The molecule has 0 aliphatic carbocycles. The summed E-state index contributed by atoms with van der Waals surface area (Å²) in [7, 11) is 1.76. The highest BCUT2D eigenvalue weighted by Crippen LogP contribution is 2.35. The van der Waals surface area contributed by atoms with Crippen molar-refractivity contribution in [1.82, 2.24) is 19.7 Å². The number of carbonyl (C=O) groups excluding carboxylic acids is 1. The van der Waals surface area contributed by atoms with Crippen LogP contribution in [0.1, 0.15) is 11.3 Å². The van der Waals surface area contributed by atoms with Gasteiger partial charge in [-0.25, -0.2) is 14.2 Å². The molecule has 0 unspecified atom stereocenters. The summed E-state index contributed by atoms with van der Waals surface area (Å²) in [6.45, 7) is 0.874. The Labute approximate surface area is 205 Å². The second-order valence-corrected chi connectivity index (χ2v) is 8.43. The number of hydrogen-bond acceptors (Lipinski definition) is 6. The average Bonchev–Trinajstić information content (AvgIpc) is 3.18. The molecule has 184 valence electrons. The van der Waals surface area contributed by atoms with Crippen molar-refractivity contribution < 1.29 is 23.8 Å². The fraction of sp³-hybridized carbons (Fsp3) is 0.200. The highest BCUT2D eigenvalue weighted by Gasteiger charge is 2.20. The summed E-state index contributed by atoms with van der Waals surface area (Å²) in [5.41, 5.74) is 1.52. The Morgan fingerprint density at radius 1 is 1.19 bits per heavy atom. The number of aromatic nitrogens is 3. The highest BCUT2D eigenvalue weighted by molar-refractivity contribution is 6.01. The lowest BCUT2D eigenvalue weighted by molar-refractivity contribution is -0.130. The zero-order valence-corrected chi connectivity index (χ0v) is 19.4. The second kappa shape index (κ2) is 9.53. The average molecular weight is 490 g/mol. The van der Waals surface area contributed by atoms with Crippen LogP contribution >= 0.6 is 0 Å². The van der Waals surface area contributed by atoms with E-state index in [1.807, 2.05) is 36.4 Å². The fourth-order valence-electron chi connectivity index (χ4n) is 4.02. The number of amides is 2. The second-order valence-electron chi connectivity index (χ2n) is 8.43. The van der Waals surface area contributed by atoms with Gasteiger partial charge >= 0.3 is 6.09 Å². The third-order valence-corrected chi connectivity index (χ3v) is 5.93. The van der Waals surface area contributed by atoms with E-state index < -0.39 is 11.9 Å². The molecule has 2 aromatic heterocycles. The van der Waals surface area contributed by atoms with Gasteiger partial charge in [0.2, 0.25) is 5.91 Å². The van der Waals surface area contributed by atoms with Crippen molar-refractivity contribution in [1.29, 1.82) is 0 Å². The van der Waals surface area contributed by atoms with Crippen LogP contribution in [0.2, 0.25) is 0 Å². The summed E-state index contributed by atoms with van der Waals surface area (Å²) >= 11 is 0. The van der Waals surface area contributed by atoms with E-state index in [0.717, 1.165) is 11.3 Å². The summed E-state index contributed by atoms with van der Waals surface area (Å²) in [5, 5.41) is 19.7. The largest absolute Gasteiger partial charge is 0.486 e. The van der Waals surface area contributed by atoms with E-state index in [9.17, 15) is 14.7 Å². The zero-order valence-electron chi connectivity index (χ0n) is 19.4. The minimum absolute atomic E-state index is 0.0178. The summed E-state index contributed by atoms with van der Waals surface area (Å²) < 4.78 is 22.6. The van der Waals surface area contributed by atoms with Gasteiger partial charge in [0, 0.05) is 43.4 Å². The molecule has 2 amide bonds. The molecule has 3 heterocycles. The number of ether oxygens (including phenoxy) is 1. The van der Waals surface area contributed by atoms with Crippen LogP contribution in [0.4, 0.5) is 26.5 Å². The van der Waals surface area contributed by atoms with Gasteiger partial charge in [0.15, 0.2) is 17.4 Å². The Morgan fingerprint density at radius 3 is 2.78 bits per heavy atom. The van der Waals surface area contributed by atoms with Crippen LogP contribution in [-0.4, -0.2) is 50.4 Å². The molecule has 36 heavy (non-hydrogen) atoms. The Morgan fingerprint density at radius 2 is 2.00 bits per heavy atom. The number of likely N-dealkylation sites (N-methyl/N-ethyl adjacent to an activating group) is 1. The van der Waals surface area contributed by atoms with Gasteiger partial charge in [0.1, 0.15) is 19.0 Å². The summed E-state index contributed by atoms with van der Waals surface area (Å²) in [6.07, 6.45) is 0.650. The van der Waals surface area contributed by atoms with Gasteiger partial charge < -0.3 is 20.1 Å². The van der Waals surface area contributed by atoms with Crippen LogP contribution in [0.5, 0.6) is 5.75 Å². The first-order chi connectivity index (χ1) is 17.4. The number of halogens is 1. The van der Waals surface area contributed by atoms with Crippen LogP contribution in [0.15, 0.2) is 54.7 Å². The Balaban J connectivity index is 1.45. The number of nitrogens with zero attached hydrogens (tertiary/aromatic N) is 4. The van der Waals surface area contributed by atoms with Crippen molar-refractivity contribution in [2.75, 3.05) is 24.2 Å². The number of benzene rings is 2. The van der Waals surface area contributed by atoms with E-state index in [-0.39, 0.29) is 35.9 Å². The standard InChI is InChI=1S/C25H23FN6O4/c1-31-8-7-17-11-21(30-32(17)13-22(31)33)28-20-10-16-9-19(36-14-15-5-3-2-4-6-15)23(26)24(29-25(34)35)18(16)12-27-20/h2-6,9-12,29H,7-8,13-14H2,1H3,(H,34,35)(H,27,28,30). The maximum absolute atomic E-state index is 15.2. The Kier molecular flexibility index (Phi) is 6.11. The van der Waals surface area contributed by atoms with E-state index in [1.54, 1.807) is 22.7 Å². The topological polar surface area (TPSA) is 122 Å². The van der Waals surface area contributed by atoms with Gasteiger partial charge in [0.05, 0.1) is 5.69 Å². The van der Waals surface area contributed by atoms with Gasteiger partial charge in [-0.2, -0.15) is 5.10 Å². The first-order valence-electron chi connectivity index (χ1n) is 11.2. The molecule has 0 saturated heterocycles. The van der Waals surface area contributed by atoms with Crippen LogP contribution in [0.3, 0.4) is 0 Å². The minimum Gasteiger partial charge on any atom is -0.486 e. The van der Waals surface area contributed by atoms with E-state index in [1.165, 1.54) is 12.3 Å². The number of hydrogen-bond donors (Lipinski definition) is 3.